The molecule has 1 aliphatic rings. The summed E-state index contributed by atoms with van der Waals surface area (Å²) in [5.41, 5.74) is 1.87. The Morgan fingerprint density at radius 1 is 1.33 bits per heavy atom. The first-order valence-electron chi connectivity index (χ1n) is 7.43. The van der Waals surface area contributed by atoms with Crippen LogP contribution in [0.4, 0.5) is 8.78 Å². The number of fused-ring (bicyclic) bond motifs is 1. The topological polar surface area (TPSA) is 38.0 Å². The first kappa shape index (κ1) is 14.4. The van der Waals surface area contributed by atoms with Crippen molar-refractivity contribution in [1.29, 1.82) is 0 Å². The summed E-state index contributed by atoms with van der Waals surface area (Å²) in [6.45, 7) is 0. The van der Waals surface area contributed by atoms with Gasteiger partial charge in [0.05, 0.1) is 17.3 Å². The number of hydrogen-bond acceptors (Lipinski definition) is 2. The van der Waals surface area contributed by atoms with E-state index in [9.17, 15) is 13.9 Å². The highest BCUT2D eigenvalue weighted by atomic mass is 19.3. The molecule has 1 unspecified atom stereocenters. The molecule has 1 atom stereocenters. The van der Waals surface area contributed by atoms with Gasteiger partial charge in [-0.05, 0) is 24.8 Å². The molecule has 1 fully saturated rings. The van der Waals surface area contributed by atoms with E-state index in [1.54, 1.807) is 4.68 Å². The lowest BCUT2D eigenvalue weighted by Crippen LogP contribution is -2.32. The van der Waals surface area contributed by atoms with Crippen LogP contribution in [0.1, 0.15) is 31.4 Å². The summed E-state index contributed by atoms with van der Waals surface area (Å²) < 4.78 is 28.2. The average Bonchev–Trinajstić information content (AvgIpc) is 2.76. The van der Waals surface area contributed by atoms with Crippen molar-refractivity contribution in [1.82, 2.24) is 9.78 Å². The van der Waals surface area contributed by atoms with Crippen molar-refractivity contribution in [2.75, 3.05) is 0 Å². The van der Waals surface area contributed by atoms with Gasteiger partial charge < -0.3 is 5.11 Å². The van der Waals surface area contributed by atoms with Crippen LogP contribution in [0.15, 0.2) is 24.3 Å². The number of benzene rings is 1. The summed E-state index contributed by atoms with van der Waals surface area (Å²) >= 11 is 0. The van der Waals surface area contributed by atoms with Crippen LogP contribution >= 0.6 is 0 Å². The Balaban J connectivity index is 1.73. The smallest absolute Gasteiger partial charge is 0.248 e. The van der Waals surface area contributed by atoms with Crippen LogP contribution in [0.2, 0.25) is 0 Å². The molecule has 1 aromatic carbocycles. The van der Waals surface area contributed by atoms with Gasteiger partial charge in [-0.15, -0.1) is 0 Å². The predicted molar refractivity (Wildman–Crippen MR) is 77.3 cm³/mol. The maximum atomic E-state index is 13.2. The molecule has 0 amide bonds. The van der Waals surface area contributed by atoms with Crippen molar-refractivity contribution in [3.63, 3.8) is 0 Å². The number of aromatic nitrogens is 2. The van der Waals surface area contributed by atoms with Gasteiger partial charge in [0.15, 0.2) is 0 Å². The van der Waals surface area contributed by atoms with E-state index in [2.05, 4.69) is 5.10 Å². The van der Waals surface area contributed by atoms with E-state index in [0.717, 1.165) is 16.6 Å². The molecule has 0 spiro atoms. The first-order chi connectivity index (χ1) is 9.96. The molecule has 0 saturated heterocycles. The highest BCUT2D eigenvalue weighted by Gasteiger charge is 2.37. The van der Waals surface area contributed by atoms with E-state index in [4.69, 9.17) is 0 Å². The lowest BCUT2D eigenvalue weighted by Gasteiger charge is -2.31. The van der Waals surface area contributed by atoms with Gasteiger partial charge in [-0.2, -0.15) is 5.10 Å². The Labute approximate surface area is 122 Å². The van der Waals surface area contributed by atoms with Crippen molar-refractivity contribution < 1.29 is 13.9 Å². The van der Waals surface area contributed by atoms with E-state index >= 15 is 0 Å². The second kappa shape index (κ2) is 5.37. The molecule has 21 heavy (non-hydrogen) atoms. The average molecular weight is 294 g/mol. The van der Waals surface area contributed by atoms with Crippen molar-refractivity contribution in [2.45, 2.75) is 44.1 Å². The van der Waals surface area contributed by atoms with Crippen LogP contribution in [0.3, 0.4) is 0 Å². The Bertz CT molecular complexity index is 628. The summed E-state index contributed by atoms with van der Waals surface area (Å²) in [6.07, 6.45) is 0.379. The highest BCUT2D eigenvalue weighted by molar-refractivity contribution is 5.81. The van der Waals surface area contributed by atoms with Crippen LogP contribution in [0, 0.1) is 5.92 Å². The monoisotopic (exact) mass is 294 g/mol. The Kier molecular flexibility index (Phi) is 3.69. The predicted octanol–water partition coefficient (Wildman–Crippen LogP) is 3.30. The number of para-hydroxylation sites is 1. The molecular weight excluding hydrogens is 274 g/mol. The van der Waals surface area contributed by atoms with Gasteiger partial charge >= 0.3 is 0 Å². The number of aliphatic hydroxyl groups is 1. The molecule has 1 heterocycles. The fraction of sp³-hybridized carbons (Fsp3) is 0.562. The van der Waals surface area contributed by atoms with Crippen molar-refractivity contribution in [2.24, 2.45) is 13.0 Å². The van der Waals surface area contributed by atoms with Gasteiger partial charge in [0.25, 0.3) is 0 Å². The lowest BCUT2D eigenvalue weighted by atomic mass is 9.82. The maximum absolute atomic E-state index is 13.2. The molecule has 5 heteroatoms. The Morgan fingerprint density at radius 2 is 2.00 bits per heavy atom. The standard InChI is InChI=1S/C16H20F2N2O/c1-20-14-5-3-2-4-12(14)13(19-20)10-15(21)11-6-8-16(17,18)9-7-11/h2-5,11,15,21H,6-10H2,1H3. The minimum atomic E-state index is -2.55. The number of alkyl halides is 2. The molecule has 0 aliphatic heterocycles. The third kappa shape index (κ3) is 2.93. The number of hydrogen-bond donors (Lipinski definition) is 1. The fourth-order valence-electron chi connectivity index (χ4n) is 3.25. The van der Waals surface area contributed by atoms with Crippen molar-refractivity contribution in [3.8, 4) is 0 Å². The molecule has 3 nitrogen and oxygen atoms in total. The first-order valence-corrected chi connectivity index (χ1v) is 7.43. The van der Waals surface area contributed by atoms with Gasteiger partial charge in [-0.25, -0.2) is 8.78 Å². The molecule has 0 radical (unpaired) electrons. The Hall–Kier alpha value is -1.49. The van der Waals surface area contributed by atoms with E-state index in [-0.39, 0.29) is 18.8 Å². The summed E-state index contributed by atoms with van der Waals surface area (Å²) in [5.74, 6) is -2.60. The normalized spacial score (nSPS) is 20.8. The van der Waals surface area contributed by atoms with Gasteiger partial charge in [-0.1, -0.05) is 18.2 Å². The van der Waals surface area contributed by atoms with Crippen LogP contribution in [0.25, 0.3) is 10.9 Å². The Morgan fingerprint density at radius 3 is 2.71 bits per heavy atom. The highest BCUT2D eigenvalue weighted by Crippen LogP contribution is 2.38. The zero-order chi connectivity index (χ0) is 15.0. The largest absolute Gasteiger partial charge is 0.392 e. The quantitative estimate of drug-likeness (QED) is 0.943. The van der Waals surface area contributed by atoms with Crippen molar-refractivity contribution in [3.05, 3.63) is 30.0 Å². The van der Waals surface area contributed by atoms with Gasteiger partial charge in [0, 0.05) is 31.7 Å². The minimum absolute atomic E-state index is 0.0506. The third-order valence-corrected chi connectivity index (χ3v) is 4.54. The molecule has 114 valence electrons. The van der Waals surface area contributed by atoms with Gasteiger partial charge in [0.2, 0.25) is 5.92 Å². The summed E-state index contributed by atoms with van der Waals surface area (Å²) in [4.78, 5) is 0. The maximum Gasteiger partial charge on any atom is 0.248 e. The minimum Gasteiger partial charge on any atom is -0.392 e. The summed E-state index contributed by atoms with van der Waals surface area (Å²) in [6, 6.07) is 7.87. The zero-order valence-corrected chi connectivity index (χ0v) is 12.1. The van der Waals surface area contributed by atoms with E-state index in [0.29, 0.717) is 19.3 Å². The summed E-state index contributed by atoms with van der Waals surface area (Å²) in [7, 11) is 1.87. The van der Waals surface area contributed by atoms with Gasteiger partial charge in [0.1, 0.15) is 0 Å². The molecule has 1 aromatic heterocycles. The zero-order valence-electron chi connectivity index (χ0n) is 12.1. The van der Waals surface area contributed by atoms with Crippen LogP contribution < -0.4 is 0 Å². The molecule has 0 bridgehead atoms. The number of rotatable bonds is 3. The number of nitrogens with zero attached hydrogens (tertiary/aromatic N) is 2. The SMILES string of the molecule is Cn1nc(CC(O)C2CCC(F)(F)CC2)c2ccccc21. The molecule has 3 rings (SSSR count). The van der Waals surface area contributed by atoms with E-state index < -0.39 is 12.0 Å². The fourth-order valence-corrected chi connectivity index (χ4v) is 3.25. The van der Waals surface area contributed by atoms with Crippen molar-refractivity contribution >= 4 is 10.9 Å². The van der Waals surface area contributed by atoms with E-state index in [1.165, 1.54) is 0 Å². The van der Waals surface area contributed by atoms with Gasteiger partial charge in [-0.3, -0.25) is 4.68 Å². The summed E-state index contributed by atoms with van der Waals surface area (Å²) in [5, 5.41) is 15.9. The number of aliphatic hydroxyl groups excluding tert-OH is 1. The van der Waals surface area contributed by atoms with E-state index in [1.807, 2.05) is 31.3 Å². The molecule has 1 aliphatic carbocycles. The number of halogens is 2. The molecule has 2 aromatic rings. The third-order valence-electron chi connectivity index (χ3n) is 4.54. The lowest BCUT2D eigenvalue weighted by molar-refractivity contribution is -0.0620. The molecule has 1 N–H and O–H groups in total. The second-order valence-electron chi connectivity index (χ2n) is 6.05. The molecular formula is C16H20F2N2O. The number of aryl methyl sites for hydroxylation is 1. The van der Waals surface area contributed by atoms with Crippen LogP contribution in [-0.2, 0) is 13.5 Å². The second-order valence-corrected chi connectivity index (χ2v) is 6.05. The van der Waals surface area contributed by atoms with Crippen LogP contribution in [0.5, 0.6) is 0 Å². The van der Waals surface area contributed by atoms with Crippen LogP contribution in [-0.4, -0.2) is 26.9 Å². The molecule has 1 saturated carbocycles.